The fourth-order valence-corrected chi connectivity index (χ4v) is 3.54. The Balaban J connectivity index is 2.13. The number of methoxy groups -OCH3 is 1. The number of carbonyl (C=O) groups excluding carboxylic acids is 2. The molecule has 0 aliphatic heterocycles. The summed E-state index contributed by atoms with van der Waals surface area (Å²) in [7, 11) is 2.63. The van der Waals surface area contributed by atoms with Gasteiger partial charge < -0.3 is 10.1 Å². The minimum atomic E-state index is -0.776. The van der Waals surface area contributed by atoms with Crippen molar-refractivity contribution in [3.63, 3.8) is 0 Å². The summed E-state index contributed by atoms with van der Waals surface area (Å²) < 4.78 is 6.73. The normalized spacial score (nSPS) is 10.9. The summed E-state index contributed by atoms with van der Waals surface area (Å²) in [5, 5.41) is 2.73. The molecule has 0 aliphatic rings. The number of aryl methyl sites for hydroxylation is 4. The summed E-state index contributed by atoms with van der Waals surface area (Å²) in [4.78, 5) is 55.2. The van der Waals surface area contributed by atoms with Crippen molar-refractivity contribution in [1.82, 2.24) is 14.1 Å². The van der Waals surface area contributed by atoms with E-state index in [1.54, 1.807) is 6.92 Å². The largest absolute Gasteiger partial charge is 0.465 e. The van der Waals surface area contributed by atoms with Gasteiger partial charge in [0.15, 0.2) is 0 Å². The molecule has 3 rings (SSSR count). The van der Waals surface area contributed by atoms with E-state index in [9.17, 15) is 19.2 Å². The Kier molecular flexibility index (Phi) is 6.05. The van der Waals surface area contributed by atoms with Crippen LogP contribution in [-0.4, -0.2) is 33.1 Å². The number of ether oxygens (including phenoxy) is 1. The van der Waals surface area contributed by atoms with Gasteiger partial charge in [-0.05, 0) is 37.5 Å². The molecule has 1 aromatic carbocycles. The van der Waals surface area contributed by atoms with E-state index in [0.29, 0.717) is 17.8 Å². The molecule has 0 radical (unpaired) electrons. The SMILES string of the molecule is CCc1cccc(C)c1NC(=O)Cn1c(=O)c2c(C(=O)OC)cc(C)nc2n(C)c1=O. The summed E-state index contributed by atoms with van der Waals surface area (Å²) >= 11 is 0. The van der Waals surface area contributed by atoms with Crippen molar-refractivity contribution in [2.45, 2.75) is 33.7 Å². The molecule has 1 N–H and O–H groups in total. The second-order valence-electron chi connectivity index (χ2n) is 7.25. The van der Waals surface area contributed by atoms with Crippen molar-refractivity contribution in [2.75, 3.05) is 12.4 Å². The maximum absolute atomic E-state index is 13.2. The van der Waals surface area contributed by atoms with Gasteiger partial charge in [0.25, 0.3) is 5.56 Å². The van der Waals surface area contributed by atoms with Crippen molar-refractivity contribution < 1.29 is 14.3 Å². The molecule has 9 heteroatoms. The topological polar surface area (TPSA) is 112 Å². The monoisotopic (exact) mass is 424 g/mol. The highest BCUT2D eigenvalue weighted by Crippen LogP contribution is 2.21. The maximum atomic E-state index is 13.2. The summed E-state index contributed by atoms with van der Waals surface area (Å²) in [6.07, 6.45) is 0.711. The number of hydrogen-bond acceptors (Lipinski definition) is 6. The molecule has 0 unspecified atom stereocenters. The quantitative estimate of drug-likeness (QED) is 0.624. The molecule has 1 amide bonds. The standard InChI is InChI=1S/C22H24N4O5/c1-6-14-9-7-8-12(2)18(14)24-16(27)11-26-20(28)17-15(21(29)31-5)10-13(3)23-19(17)25(4)22(26)30/h7-10H,6,11H2,1-5H3,(H,24,27). The van der Waals surface area contributed by atoms with Gasteiger partial charge in [-0.25, -0.2) is 14.6 Å². The highest BCUT2D eigenvalue weighted by atomic mass is 16.5. The molecule has 9 nitrogen and oxygen atoms in total. The van der Waals surface area contributed by atoms with Crippen LogP contribution >= 0.6 is 0 Å². The first-order chi connectivity index (χ1) is 14.7. The molecule has 0 aliphatic carbocycles. The van der Waals surface area contributed by atoms with E-state index in [4.69, 9.17) is 4.74 Å². The Bertz CT molecular complexity index is 1320. The molecule has 0 saturated heterocycles. The second kappa shape index (κ2) is 8.55. The number of para-hydroxylation sites is 1. The van der Waals surface area contributed by atoms with E-state index in [1.807, 2.05) is 32.0 Å². The van der Waals surface area contributed by atoms with Crippen LogP contribution < -0.4 is 16.6 Å². The summed E-state index contributed by atoms with van der Waals surface area (Å²) in [5.74, 6) is -1.25. The predicted octanol–water partition coefficient (Wildman–Crippen LogP) is 1.70. The van der Waals surface area contributed by atoms with Gasteiger partial charge in [-0.2, -0.15) is 0 Å². The van der Waals surface area contributed by atoms with E-state index in [0.717, 1.165) is 20.3 Å². The van der Waals surface area contributed by atoms with Gasteiger partial charge in [-0.15, -0.1) is 0 Å². The fraction of sp³-hybridized carbons (Fsp3) is 0.318. The highest BCUT2D eigenvalue weighted by Gasteiger charge is 2.22. The summed E-state index contributed by atoms with van der Waals surface area (Å²) in [6.45, 7) is 4.97. The van der Waals surface area contributed by atoms with E-state index >= 15 is 0 Å². The minimum absolute atomic E-state index is 0.00747. The van der Waals surface area contributed by atoms with Crippen LogP contribution in [0.15, 0.2) is 33.9 Å². The van der Waals surface area contributed by atoms with E-state index < -0.39 is 29.7 Å². The first-order valence-corrected chi connectivity index (χ1v) is 9.77. The number of fused-ring (bicyclic) bond motifs is 1. The molecule has 0 fully saturated rings. The lowest BCUT2D eigenvalue weighted by Gasteiger charge is -2.15. The third-order valence-corrected chi connectivity index (χ3v) is 5.13. The Labute approximate surface area is 178 Å². The fourth-order valence-electron chi connectivity index (χ4n) is 3.54. The van der Waals surface area contributed by atoms with Gasteiger partial charge in [-0.3, -0.25) is 18.7 Å². The minimum Gasteiger partial charge on any atom is -0.465 e. The number of pyridine rings is 1. The van der Waals surface area contributed by atoms with Crippen LogP contribution in [-0.2, 0) is 29.5 Å². The van der Waals surface area contributed by atoms with Crippen LogP contribution in [0.3, 0.4) is 0 Å². The average Bonchev–Trinajstić information content (AvgIpc) is 2.75. The number of carbonyl (C=O) groups is 2. The molecule has 2 heterocycles. The number of nitrogens with zero attached hydrogens (tertiary/aromatic N) is 3. The second-order valence-corrected chi connectivity index (χ2v) is 7.25. The Morgan fingerprint density at radius 3 is 2.55 bits per heavy atom. The third-order valence-electron chi connectivity index (χ3n) is 5.13. The van der Waals surface area contributed by atoms with E-state index in [-0.39, 0.29) is 16.6 Å². The first-order valence-electron chi connectivity index (χ1n) is 9.77. The van der Waals surface area contributed by atoms with Gasteiger partial charge in [0.1, 0.15) is 12.2 Å². The number of esters is 1. The van der Waals surface area contributed by atoms with Crippen LogP contribution in [0.4, 0.5) is 5.69 Å². The lowest BCUT2D eigenvalue weighted by Crippen LogP contribution is -2.42. The summed E-state index contributed by atoms with van der Waals surface area (Å²) in [5.41, 5.74) is 1.49. The number of rotatable bonds is 5. The van der Waals surface area contributed by atoms with Gasteiger partial charge in [-0.1, -0.05) is 25.1 Å². The number of amides is 1. The van der Waals surface area contributed by atoms with Crippen LogP contribution in [0, 0.1) is 13.8 Å². The van der Waals surface area contributed by atoms with Crippen LogP contribution in [0.25, 0.3) is 11.0 Å². The number of aromatic nitrogens is 3. The van der Waals surface area contributed by atoms with Gasteiger partial charge >= 0.3 is 11.7 Å². The molecule has 31 heavy (non-hydrogen) atoms. The predicted molar refractivity (Wildman–Crippen MR) is 117 cm³/mol. The smallest absolute Gasteiger partial charge is 0.338 e. The van der Waals surface area contributed by atoms with Crippen molar-refractivity contribution in [3.8, 4) is 0 Å². The summed E-state index contributed by atoms with van der Waals surface area (Å²) in [6, 6.07) is 7.09. The average molecular weight is 424 g/mol. The van der Waals surface area contributed by atoms with Gasteiger partial charge in [0, 0.05) is 18.4 Å². The maximum Gasteiger partial charge on any atom is 0.338 e. The van der Waals surface area contributed by atoms with Crippen molar-refractivity contribution in [1.29, 1.82) is 0 Å². The number of nitrogens with one attached hydrogen (secondary N) is 1. The van der Waals surface area contributed by atoms with Crippen LogP contribution in [0.1, 0.15) is 34.1 Å². The molecule has 3 aromatic rings. The molecule has 2 aromatic heterocycles. The Morgan fingerprint density at radius 1 is 1.19 bits per heavy atom. The molecular weight excluding hydrogens is 400 g/mol. The Hall–Kier alpha value is -3.75. The van der Waals surface area contributed by atoms with E-state index in [2.05, 4.69) is 10.3 Å². The van der Waals surface area contributed by atoms with E-state index in [1.165, 1.54) is 20.2 Å². The zero-order chi connectivity index (χ0) is 22.9. The number of hydrogen-bond donors (Lipinski definition) is 1. The molecular formula is C22H24N4O5. The Morgan fingerprint density at radius 2 is 1.90 bits per heavy atom. The first kappa shape index (κ1) is 21.9. The van der Waals surface area contributed by atoms with Crippen LogP contribution in [0.5, 0.6) is 0 Å². The lowest BCUT2D eigenvalue weighted by atomic mass is 10.1. The molecule has 0 bridgehead atoms. The molecule has 0 saturated carbocycles. The zero-order valence-electron chi connectivity index (χ0n) is 18.1. The van der Waals surface area contributed by atoms with Crippen molar-refractivity contribution in [3.05, 3.63) is 67.5 Å². The van der Waals surface area contributed by atoms with Crippen molar-refractivity contribution >= 4 is 28.6 Å². The molecule has 0 atom stereocenters. The van der Waals surface area contributed by atoms with Gasteiger partial charge in [0.05, 0.1) is 18.1 Å². The van der Waals surface area contributed by atoms with Crippen LogP contribution in [0.2, 0.25) is 0 Å². The highest BCUT2D eigenvalue weighted by molar-refractivity contribution is 6.02. The third kappa shape index (κ3) is 3.98. The molecule has 162 valence electrons. The number of anilines is 1. The lowest BCUT2D eigenvalue weighted by molar-refractivity contribution is -0.116. The molecule has 0 spiro atoms. The number of benzene rings is 1. The zero-order valence-corrected chi connectivity index (χ0v) is 18.1. The van der Waals surface area contributed by atoms with Crippen molar-refractivity contribution in [2.24, 2.45) is 7.05 Å². The van der Waals surface area contributed by atoms with Gasteiger partial charge in [0.2, 0.25) is 5.91 Å².